The van der Waals surface area contributed by atoms with E-state index in [4.69, 9.17) is 18.9 Å². The quantitative estimate of drug-likeness (QED) is 0.117. The third kappa shape index (κ3) is 8.16. The third-order valence-electron chi connectivity index (χ3n) is 5.27. The van der Waals surface area contributed by atoms with Gasteiger partial charge in [0.1, 0.15) is 5.75 Å². The predicted octanol–water partition coefficient (Wildman–Crippen LogP) is 4.68. The summed E-state index contributed by atoms with van der Waals surface area (Å²) < 4.78 is 20.3. The van der Waals surface area contributed by atoms with Crippen LogP contribution in [0.3, 0.4) is 0 Å². The molecule has 1 fully saturated rings. The molecule has 10 heteroatoms. The van der Waals surface area contributed by atoms with Crippen LogP contribution in [-0.2, 0) is 23.8 Å². The zero-order chi connectivity index (χ0) is 23.6. The van der Waals surface area contributed by atoms with Crippen molar-refractivity contribution >= 4 is 23.8 Å². The van der Waals surface area contributed by atoms with E-state index in [1.165, 1.54) is 31.2 Å². The minimum absolute atomic E-state index is 0.0287. The fraction of sp³-hybridized carbons (Fsp3) is 0.591. The predicted molar refractivity (Wildman–Crippen MR) is 112 cm³/mol. The molecule has 1 aromatic rings. The number of carbonyl (C=O) groups excluding carboxylic acids is 3. The zero-order valence-corrected chi connectivity index (χ0v) is 18.4. The number of esters is 2. The van der Waals surface area contributed by atoms with E-state index in [0.29, 0.717) is 6.61 Å². The summed E-state index contributed by atoms with van der Waals surface area (Å²) in [4.78, 5) is 46.5. The van der Waals surface area contributed by atoms with E-state index in [1.807, 2.05) is 6.92 Å². The number of hydrogen-bond donors (Lipinski definition) is 0. The SMILES string of the molecule is CCCCOC(=O)CC1(CC(=O)OC(C)OC(=O)Oc2ccc([N+](=O)[O-])cc2)CCCC1. The standard InChI is InChI=1S/C22H29NO9/c1-3-4-13-29-19(24)14-22(11-5-6-12-22)15-20(25)30-16(2)31-21(26)32-18-9-7-17(8-10-18)23(27)28/h7-10,16H,3-6,11-15H2,1-2H3. The number of unbranched alkanes of at least 4 members (excludes halogenated alkanes) is 1. The fourth-order valence-electron chi connectivity index (χ4n) is 3.68. The van der Waals surface area contributed by atoms with E-state index in [-0.39, 0.29) is 30.2 Å². The molecule has 1 saturated carbocycles. The number of rotatable bonds is 11. The summed E-state index contributed by atoms with van der Waals surface area (Å²) in [6.45, 7) is 3.75. The van der Waals surface area contributed by atoms with E-state index in [1.54, 1.807) is 0 Å². The number of non-ortho nitro benzene ring substituents is 1. The lowest BCUT2D eigenvalue weighted by atomic mass is 9.79. The van der Waals surface area contributed by atoms with Crippen LogP contribution < -0.4 is 4.74 Å². The van der Waals surface area contributed by atoms with Crippen LogP contribution in [0, 0.1) is 15.5 Å². The normalized spacial score (nSPS) is 15.4. The molecule has 32 heavy (non-hydrogen) atoms. The summed E-state index contributed by atoms with van der Waals surface area (Å²) in [5.41, 5.74) is -0.651. The van der Waals surface area contributed by atoms with Crippen molar-refractivity contribution in [2.24, 2.45) is 5.41 Å². The number of nitro benzene ring substituents is 1. The second-order valence-electron chi connectivity index (χ2n) is 7.91. The Morgan fingerprint density at radius 3 is 2.28 bits per heavy atom. The van der Waals surface area contributed by atoms with Gasteiger partial charge in [-0.25, -0.2) is 4.79 Å². The Morgan fingerprint density at radius 1 is 1.06 bits per heavy atom. The van der Waals surface area contributed by atoms with Crippen molar-refractivity contribution in [1.29, 1.82) is 0 Å². The molecule has 1 atom stereocenters. The summed E-state index contributed by atoms with van der Waals surface area (Å²) in [6, 6.07) is 4.86. The van der Waals surface area contributed by atoms with Crippen LogP contribution >= 0.6 is 0 Å². The molecule has 0 aromatic heterocycles. The van der Waals surface area contributed by atoms with Gasteiger partial charge in [-0.2, -0.15) is 0 Å². The summed E-state index contributed by atoms with van der Waals surface area (Å²) >= 11 is 0. The highest BCUT2D eigenvalue weighted by molar-refractivity contribution is 5.74. The van der Waals surface area contributed by atoms with Crippen LogP contribution in [-0.4, -0.2) is 35.9 Å². The van der Waals surface area contributed by atoms with Crippen molar-refractivity contribution in [1.82, 2.24) is 0 Å². The van der Waals surface area contributed by atoms with Crippen LogP contribution in [0.15, 0.2) is 24.3 Å². The van der Waals surface area contributed by atoms with E-state index in [0.717, 1.165) is 38.5 Å². The van der Waals surface area contributed by atoms with Crippen LogP contribution in [0.2, 0.25) is 0 Å². The number of nitro groups is 1. The molecule has 0 saturated heterocycles. The first-order valence-electron chi connectivity index (χ1n) is 10.7. The molecule has 0 aliphatic heterocycles. The van der Waals surface area contributed by atoms with Gasteiger partial charge in [0.15, 0.2) is 0 Å². The van der Waals surface area contributed by atoms with Gasteiger partial charge in [0.25, 0.3) is 5.69 Å². The molecular formula is C22H29NO9. The first-order chi connectivity index (χ1) is 15.2. The number of nitrogens with zero attached hydrogens (tertiary/aromatic N) is 1. The number of carbonyl (C=O) groups is 3. The number of ether oxygens (including phenoxy) is 4. The van der Waals surface area contributed by atoms with Crippen LogP contribution in [0.25, 0.3) is 0 Å². The second kappa shape index (κ2) is 12.0. The number of hydrogen-bond acceptors (Lipinski definition) is 9. The van der Waals surface area contributed by atoms with Gasteiger partial charge in [-0.05, 0) is 36.8 Å². The minimum Gasteiger partial charge on any atom is -0.466 e. The summed E-state index contributed by atoms with van der Waals surface area (Å²) in [6.07, 6.45) is 2.87. The van der Waals surface area contributed by atoms with Gasteiger partial charge in [0.2, 0.25) is 6.29 Å². The molecule has 176 valence electrons. The summed E-state index contributed by atoms with van der Waals surface area (Å²) in [7, 11) is 0. The lowest BCUT2D eigenvalue weighted by Gasteiger charge is -2.27. The largest absolute Gasteiger partial charge is 0.516 e. The molecule has 1 aliphatic carbocycles. The highest BCUT2D eigenvalue weighted by Crippen LogP contribution is 2.44. The fourth-order valence-corrected chi connectivity index (χ4v) is 3.68. The molecule has 2 rings (SSSR count). The summed E-state index contributed by atoms with van der Waals surface area (Å²) in [5, 5.41) is 10.6. The van der Waals surface area contributed by atoms with Gasteiger partial charge in [-0.15, -0.1) is 0 Å². The first kappa shape index (κ1) is 25.1. The Labute approximate surface area is 186 Å². The lowest BCUT2D eigenvalue weighted by molar-refractivity contribution is -0.384. The lowest BCUT2D eigenvalue weighted by Crippen LogP contribution is -2.30. The van der Waals surface area contributed by atoms with Gasteiger partial charge < -0.3 is 18.9 Å². The highest BCUT2D eigenvalue weighted by atomic mass is 16.8. The van der Waals surface area contributed by atoms with E-state index in [9.17, 15) is 24.5 Å². The monoisotopic (exact) mass is 451 g/mol. The smallest absolute Gasteiger partial charge is 0.466 e. The average Bonchev–Trinajstić information content (AvgIpc) is 3.15. The molecule has 0 radical (unpaired) electrons. The molecule has 10 nitrogen and oxygen atoms in total. The molecule has 0 N–H and O–H groups in total. The topological polar surface area (TPSA) is 131 Å². The Kier molecular flexibility index (Phi) is 9.42. The molecule has 1 unspecified atom stereocenters. The van der Waals surface area contributed by atoms with Crippen molar-refractivity contribution in [3.8, 4) is 5.75 Å². The maximum atomic E-state index is 12.4. The van der Waals surface area contributed by atoms with Crippen molar-refractivity contribution in [2.45, 2.75) is 71.5 Å². The Balaban J connectivity index is 1.81. The van der Waals surface area contributed by atoms with Crippen molar-refractivity contribution in [2.75, 3.05) is 6.61 Å². The van der Waals surface area contributed by atoms with E-state index in [2.05, 4.69) is 0 Å². The minimum atomic E-state index is -1.21. The molecular weight excluding hydrogens is 422 g/mol. The maximum absolute atomic E-state index is 12.4. The van der Waals surface area contributed by atoms with Crippen molar-refractivity contribution < 1.29 is 38.3 Å². The van der Waals surface area contributed by atoms with E-state index < -0.39 is 28.8 Å². The Bertz CT molecular complexity index is 800. The van der Waals surface area contributed by atoms with Gasteiger partial charge in [0, 0.05) is 19.1 Å². The van der Waals surface area contributed by atoms with Crippen LogP contribution in [0.1, 0.15) is 65.2 Å². The van der Waals surface area contributed by atoms with Crippen LogP contribution in [0.5, 0.6) is 5.75 Å². The van der Waals surface area contributed by atoms with Gasteiger partial charge in [-0.3, -0.25) is 19.7 Å². The first-order valence-corrected chi connectivity index (χ1v) is 10.7. The van der Waals surface area contributed by atoms with Crippen LogP contribution in [0.4, 0.5) is 10.5 Å². The third-order valence-corrected chi connectivity index (χ3v) is 5.27. The van der Waals surface area contributed by atoms with E-state index >= 15 is 0 Å². The Hall–Kier alpha value is -3.17. The van der Waals surface area contributed by atoms with Gasteiger partial charge in [-0.1, -0.05) is 26.2 Å². The maximum Gasteiger partial charge on any atom is 0.516 e. The molecule has 0 heterocycles. The highest BCUT2D eigenvalue weighted by Gasteiger charge is 2.39. The second-order valence-corrected chi connectivity index (χ2v) is 7.91. The van der Waals surface area contributed by atoms with Gasteiger partial charge >= 0.3 is 18.1 Å². The summed E-state index contributed by atoms with van der Waals surface area (Å²) in [5.74, 6) is -0.848. The molecule has 0 amide bonds. The number of benzene rings is 1. The zero-order valence-electron chi connectivity index (χ0n) is 18.4. The van der Waals surface area contributed by atoms with Crippen molar-refractivity contribution in [3.05, 3.63) is 34.4 Å². The molecule has 1 aromatic carbocycles. The van der Waals surface area contributed by atoms with Crippen molar-refractivity contribution in [3.63, 3.8) is 0 Å². The molecule has 0 bridgehead atoms. The Morgan fingerprint density at radius 2 is 1.69 bits per heavy atom. The van der Waals surface area contributed by atoms with Gasteiger partial charge in [0.05, 0.1) is 24.4 Å². The average molecular weight is 451 g/mol. The molecule has 1 aliphatic rings. The molecule has 0 spiro atoms.